The topological polar surface area (TPSA) is 99.6 Å². The summed E-state index contributed by atoms with van der Waals surface area (Å²) in [6.45, 7) is 0.877. The van der Waals surface area contributed by atoms with Gasteiger partial charge in [-0.05, 0) is 55.3 Å². The maximum Gasteiger partial charge on any atom is 0.256 e. The molecule has 2 heterocycles. The average Bonchev–Trinajstić information content (AvgIpc) is 2.92. The summed E-state index contributed by atoms with van der Waals surface area (Å²) >= 11 is 18.8. The predicted molar refractivity (Wildman–Crippen MR) is 151 cm³/mol. The Balaban J connectivity index is 1.54. The summed E-state index contributed by atoms with van der Waals surface area (Å²) in [6.07, 6.45) is 2.57. The Bertz CT molecular complexity index is 1670. The largest absolute Gasteiger partial charge is 0.506 e. The second kappa shape index (κ2) is 10.7. The Labute approximate surface area is 235 Å². The predicted octanol–water partition coefficient (Wildman–Crippen LogP) is 6.99. The van der Waals surface area contributed by atoms with Crippen LogP contribution in [-0.2, 0) is 10.0 Å². The molecule has 1 fully saturated rings. The Morgan fingerprint density at radius 3 is 2.42 bits per heavy atom. The number of benzene rings is 3. The number of fused-ring (bicyclic) bond motifs is 1. The number of nitrogens with one attached hydrogen (secondary N) is 1. The van der Waals surface area contributed by atoms with Gasteiger partial charge < -0.3 is 10.4 Å². The molecule has 0 bridgehead atoms. The molecule has 1 aliphatic heterocycles. The molecule has 1 aliphatic rings. The molecule has 0 aliphatic carbocycles. The van der Waals surface area contributed by atoms with Gasteiger partial charge in [0, 0.05) is 24.0 Å². The van der Waals surface area contributed by atoms with E-state index >= 15 is 0 Å². The van der Waals surface area contributed by atoms with E-state index in [0.29, 0.717) is 35.2 Å². The van der Waals surface area contributed by atoms with E-state index in [1.165, 1.54) is 22.5 Å². The molecule has 4 aromatic rings. The second-order valence-electron chi connectivity index (χ2n) is 8.89. The first-order valence-corrected chi connectivity index (χ1v) is 14.4. The van der Waals surface area contributed by atoms with Crippen molar-refractivity contribution in [2.24, 2.45) is 0 Å². The minimum Gasteiger partial charge on any atom is -0.506 e. The summed E-state index contributed by atoms with van der Waals surface area (Å²) < 4.78 is 27.7. The van der Waals surface area contributed by atoms with E-state index in [9.17, 15) is 18.3 Å². The number of sulfonamides is 1. The lowest BCUT2D eigenvalue weighted by Gasteiger charge is -2.26. The number of aromatic nitrogens is 1. The van der Waals surface area contributed by atoms with Crippen LogP contribution in [0.1, 0.15) is 29.6 Å². The molecule has 0 unspecified atom stereocenters. The Morgan fingerprint density at radius 2 is 1.66 bits per heavy atom. The van der Waals surface area contributed by atoms with Gasteiger partial charge in [0.15, 0.2) is 0 Å². The highest BCUT2D eigenvalue weighted by Crippen LogP contribution is 2.38. The number of hydrogen-bond acceptors (Lipinski definition) is 5. The van der Waals surface area contributed by atoms with E-state index in [1.54, 1.807) is 42.5 Å². The Morgan fingerprint density at radius 1 is 0.921 bits per heavy atom. The van der Waals surface area contributed by atoms with Crippen molar-refractivity contribution < 1.29 is 18.3 Å². The number of anilines is 1. The number of carbonyl (C=O) groups excluding carboxylic acids is 1. The summed E-state index contributed by atoms with van der Waals surface area (Å²) in [4.78, 5) is 18.2. The van der Waals surface area contributed by atoms with E-state index < -0.39 is 15.9 Å². The van der Waals surface area contributed by atoms with E-state index in [1.807, 2.05) is 0 Å². The zero-order valence-corrected chi connectivity index (χ0v) is 23.0. The highest BCUT2D eigenvalue weighted by molar-refractivity contribution is 7.89. The van der Waals surface area contributed by atoms with E-state index in [2.05, 4.69) is 10.3 Å². The quantitative estimate of drug-likeness (QED) is 0.193. The van der Waals surface area contributed by atoms with Gasteiger partial charge in [-0.25, -0.2) is 13.4 Å². The van der Waals surface area contributed by atoms with Gasteiger partial charge in [-0.3, -0.25) is 4.79 Å². The lowest BCUT2D eigenvalue weighted by atomic mass is 10.0. The highest BCUT2D eigenvalue weighted by atomic mass is 35.5. The first kappa shape index (κ1) is 26.7. The fourth-order valence-electron chi connectivity index (χ4n) is 4.44. The molecule has 3 aromatic carbocycles. The molecule has 5 rings (SSSR count). The first-order valence-electron chi connectivity index (χ1n) is 11.8. The smallest absolute Gasteiger partial charge is 0.256 e. The average molecular weight is 591 g/mol. The van der Waals surface area contributed by atoms with Gasteiger partial charge in [0.2, 0.25) is 10.0 Å². The number of rotatable bonds is 5. The van der Waals surface area contributed by atoms with Gasteiger partial charge in [0.1, 0.15) is 5.75 Å². The molecule has 1 saturated heterocycles. The van der Waals surface area contributed by atoms with Gasteiger partial charge in [-0.2, -0.15) is 4.31 Å². The van der Waals surface area contributed by atoms with E-state index in [4.69, 9.17) is 34.8 Å². The van der Waals surface area contributed by atoms with Crippen LogP contribution in [0.15, 0.2) is 65.6 Å². The van der Waals surface area contributed by atoms with Crippen LogP contribution < -0.4 is 5.32 Å². The fraction of sp³-hybridized carbons (Fsp3) is 0.185. The van der Waals surface area contributed by atoms with Gasteiger partial charge in [-0.15, -0.1) is 0 Å². The number of carbonyl (C=O) groups is 1. The SMILES string of the molecule is O=C(Nc1cc(S(=O)(=O)N2CCCCC2)ccc1O)c1cc(-c2ccc(Cl)c(Cl)c2Cl)nc2ccccc12. The van der Waals surface area contributed by atoms with Crippen LogP contribution in [0.25, 0.3) is 22.2 Å². The molecule has 38 heavy (non-hydrogen) atoms. The third-order valence-electron chi connectivity index (χ3n) is 6.44. The molecule has 0 spiro atoms. The number of nitrogens with zero attached hydrogens (tertiary/aromatic N) is 2. The van der Waals surface area contributed by atoms with Gasteiger partial charge in [-0.1, -0.05) is 59.4 Å². The third kappa shape index (κ3) is 5.07. The lowest BCUT2D eigenvalue weighted by Crippen LogP contribution is -2.35. The van der Waals surface area contributed by atoms with Crippen LogP contribution in [0.2, 0.25) is 15.1 Å². The van der Waals surface area contributed by atoms with Crippen LogP contribution in [-0.4, -0.2) is 41.8 Å². The van der Waals surface area contributed by atoms with Crippen molar-refractivity contribution in [3.8, 4) is 17.0 Å². The monoisotopic (exact) mass is 589 g/mol. The summed E-state index contributed by atoms with van der Waals surface area (Å²) in [5, 5.41) is 14.3. The molecule has 11 heteroatoms. The van der Waals surface area contributed by atoms with Gasteiger partial charge in [0.05, 0.1) is 42.4 Å². The van der Waals surface area contributed by atoms with Gasteiger partial charge in [0.25, 0.3) is 5.91 Å². The number of halogens is 3. The minimum atomic E-state index is -3.77. The van der Waals surface area contributed by atoms with Crippen molar-refractivity contribution in [3.63, 3.8) is 0 Å². The van der Waals surface area contributed by atoms with Crippen LogP contribution in [0, 0.1) is 0 Å². The second-order valence-corrected chi connectivity index (χ2v) is 12.0. The summed E-state index contributed by atoms with van der Waals surface area (Å²) in [7, 11) is -3.77. The number of hydrogen-bond donors (Lipinski definition) is 2. The number of para-hydroxylation sites is 1. The molecule has 0 atom stereocenters. The standard InChI is InChI=1S/C27H22Cl3N3O4S/c28-20-10-9-18(25(29)26(20)30)22-15-19(17-6-2-3-7-21(17)31-22)27(35)32-23-14-16(8-11-24(23)34)38(36,37)33-12-4-1-5-13-33/h2-3,6-11,14-15,34H,1,4-5,12-13H2,(H,32,35). The third-order valence-corrected chi connectivity index (χ3v) is 9.63. The molecule has 196 valence electrons. The van der Waals surface area contributed by atoms with E-state index in [0.717, 1.165) is 19.3 Å². The highest BCUT2D eigenvalue weighted by Gasteiger charge is 2.27. The fourth-order valence-corrected chi connectivity index (χ4v) is 6.62. The molecular formula is C27H22Cl3N3O4S. The number of piperidine rings is 1. The van der Waals surface area contributed by atoms with Crippen molar-refractivity contribution in [2.45, 2.75) is 24.2 Å². The molecule has 0 radical (unpaired) electrons. The number of phenolic OH excluding ortho intramolecular Hbond substituents is 1. The minimum absolute atomic E-state index is 0.00429. The molecule has 2 N–H and O–H groups in total. The normalized spacial score (nSPS) is 14.5. The van der Waals surface area contributed by atoms with Crippen molar-refractivity contribution in [1.29, 1.82) is 0 Å². The number of aromatic hydroxyl groups is 1. The van der Waals surface area contributed by atoms with Gasteiger partial charge >= 0.3 is 0 Å². The lowest BCUT2D eigenvalue weighted by molar-refractivity contribution is 0.102. The van der Waals surface area contributed by atoms with Crippen molar-refractivity contribution >= 4 is 67.3 Å². The Hall–Kier alpha value is -2.88. The zero-order chi connectivity index (χ0) is 27.0. The molecule has 7 nitrogen and oxygen atoms in total. The first-order chi connectivity index (χ1) is 18.2. The van der Waals surface area contributed by atoms with Crippen LogP contribution >= 0.6 is 34.8 Å². The maximum atomic E-state index is 13.5. The number of amides is 1. The summed E-state index contributed by atoms with van der Waals surface area (Å²) in [6, 6.07) is 15.8. The molecular weight excluding hydrogens is 569 g/mol. The van der Waals surface area contributed by atoms with Crippen LogP contribution in [0.3, 0.4) is 0 Å². The Kier molecular flexibility index (Phi) is 7.53. The maximum absolute atomic E-state index is 13.5. The van der Waals surface area contributed by atoms with E-state index in [-0.39, 0.29) is 37.0 Å². The summed E-state index contributed by atoms with van der Waals surface area (Å²) in [5.74, 6) is -0.828. The van der Waals surface area contributed by atoms with Crippen molar-refractivity contribution in [3.05, 3.63) is 81.3 Å². The number of phenols is 1. The molecule has 1 amide bonds. The van der Waals surface area contributed by atoms with Crippen molar-refractivity contribution in [1.82, 2.24) is 9.29 Å². The summed E-state index contributed by atoms with van der Waals surface area (Å²) in [5.41, 5.74) is 1.63. The van der Waals surface area contributed by atoms with Crippen molar-refractivity contribution in [2.75, 3.05) is 18.4 Å². The number of pyridine rings is 1. The molecule has 1 aromatic heterocycles. The van der Waals surface area contributed by atoms with Crippen LogP contribution in [0.4, 0.5) is 5.69 Å². The zero-order valence-electron chi connectivity index (χ0n) is 19.9. The molecule has 0 saturated carbocycles. The van der Waals surface area contributed by atoms with Crippen LogP contribution in [0.5, 0.6) is 5.75 Å².